The predicted molar refractivity (Wildman–Crippen MR) is 384 cm³/mol. The number of anilines is 2. The van der Waals surface area contributed by atoms with Crippen molar-refractivity contribution in [1.29, 1.82) is 0 Å². The van der Waals surface area contributed by atoms with E-state index >= 15 is 0 Å². The van der Waals surface area contributed by atoms with Gasteiger partial charge in [0.15, 0.2) is 23.8 Å². The van der Waals surface area contributed by atoms with Crippen LogP contribution in [0.2, 0.25) is 0 Å². The Kier molecular flexibility index (Phi) is 53.0. The van der Waals surface area contributed by atoms with E-state index in [1.54, 1.807) is 12.1 Å². The average Bonchev–Trinajstić information content (AvgIpc) is 0.744. The molecule has 1 aliphatic carbocycles. The van der Waals surface area contributed by atoms with Crippen molar-refractivity contribution in [3.63, 3.8) is 0 Å². The molecular formula is C75H108N2O34. The number of fused-ring (bicyclic) bond motifs is 2. The number of benzene rings is 2. The van der Waals surface area contributed by atoms with Gasteiger partial charge < -0.3 is 107 Å². The summed E-state index contributed by atoms with van der Waals surface area (Å²) in [6.07, 6.45) is -0.890. The van der Waals surface area contributed by atoms with Crippen molar-refractivity contribution in [3.05, 3.63) is 58.7 Å². The number of hydrogen-bond acceptors (Lipinski definition) is 36. The van der Waals surface area contributed by atoms with E-state index in [0.29, 0.717) is 0 Å². The standard InChI is InChI=1S/C75H108N2O34/c78-30-11-24-64(86)104-46-38-96-34-42-100-60(82)16-3-5-20-67(89)108-52-54(110-70(92)22-9-7-18-62(84)102-44-36-98-40-48-106-66(88)26-13-32-80)50-76-58-27-28-59(73-72(58)74(94)56-14-1-2-15-57(56)75(73)95)77-51-55(111-71(93)23-10-8-19-63(85)103-45-37-99-41-49-107-69(91)29-33-81)53-109-68(90)21-6-4-17-61(83)101-43-35-97-39-47-105-65(87)25-12-31-79/h1-2,14-15,27-28,54-55,76-81H,3-13,16-26,29-53H2. The van der Waals surface area contributed by atoms with E-state index < -0.39 is 109 Å². The van der Waals surface area contributed by atoms with Crippen LogP contribution in [0.1, 0.15) is 180 Å². The van der Waals surface area contributed by atoms with Crippen molar-refractivity contribution in [2.45, 2.75) is 160 Å². The van der Waals surface area contributed by atoms with Crippen LogP contribution in [-0.4, -0.2) is 274 Å². The van der Waals surface area contributed by atoms with Crippen LogP contribution in [-0.2, 0) is 133 Å². The first-order valence-corrected chi connectivity index (χ1v) is 37.3. The van der Waals surface area contributed by atoms with Crippen molar-refractivity contribution >= 4 is 94.6 Å². The number of ketones is 2. The van der Waals surface area contributed by atoms with Crippen LogP contribution < -0.4 is 10.6 Å². The molecule has 0 heterocycles. The molecule has 0 spiro atoms. The topological polar surface area (TPSA) is 492 Å². The molecule has 6 N–H and O–H groups in total. The quantitative estimate of drug-likeness (QED) is 0.0267. The Hall–Kier alpha value is -9.30. The van der Waals surface area contributed by atoms with Crippen LogP contribution in [0.5, 0.6) is 0 Å². The first-order chi connectivity index (χ1) is 53.8. The number of carbonyl (C=O) groups is 14. The highest BCUT2D eigenvalue weighted by molar-refractivity contribution is 6.32. The third-order valence-corrected chi connectivity index (χ3v) is 15.5. The molecule has 0 saturated heterocycles. The van der Waals surface area contributed by atoms with Gasteiger partial charge in [0.1, 0.15) is 66.1 Å². The largest absolute Gasteiger partial charge is 0.463 e. The number of esters is 12. The zero-order chi connectivity index (χ0) is 80.9. The van der Waals surface area contributed by atoms with E-state index in [2.05, 4.69) is 10.6 Å². The van der Waals surface area contributed by atoms with E-state index in [9.17, 15) is 67.1 Å². The molecule has 2 aromatic carbocycles. The number of aliphatic hydroxyl groups is 4. The number of carbonyl (C=O) groups excluding carboxylic acids is 14. The number of ether oxygens (including phenoxy) is 16. The lowest BCUT2D eigenvalue weighted by molar-refractivity contribution is -0.158. The van der Waals surface area contributed by atoms with E-state index in [0.717, 1.165) is 0 Å². The smallest absolute Gasteiger partial charge is 0.308 e. The molecule has 3 rings (SSSR count). The van der Waals surface area contributed by atoms with Gasteiger partial charge in [-0.05, 0) is 82.8 Å². The molecule has 0 aliphatic heterocycles. The summed E-state index contributed by atoms with van der Waals surface area (Å²) < 4.78 is 84.4. The second kappa shape index (κ2) is 61.4. The van der Waals surface area contributed by atoms with Gasteiger partial charge in [-0.1, -0.05) is 24.3 Å². The molecule has 36 heteroatoms. The lowest BCUT2D eigenvalue weighted by atomic mass is 9.82. The second-order valence-electron chi connectivity index (χ2n) is 24.5. The highest BCUT2D eigenvalue weighted by Gasteiger charge is 2.35. The number of unbranched alkanes of at least 4 members (excludes halogenated alkanes) is 4. The molecule has 0 amide bonds. The Morgan fingerprint density at radius 2 is 0.495 bits per heavy atom. The van der Waals surface area contributed by atoms with Gasteiger partial charge in [-0.2, -0.15) is 0 Å². The van der Waals surface area contributed by atoms with E-state index in [4.69, 9.17) is 96.2 Å². The first-order valence-electron chi connectivity index (χ1n) is 37.3. The molecule has 0 bridgehead atoms. The minimum Gasteiger partial charge on any atom is -0.463 e. The van der Waals surface area contributed by atoms with E-state index in [1.165, 1.54) is 24.3 Å². The maximum absolute atomic E-state index is 14.7. The fourth-order valence-corrected chi connectivity index (χ4v) is 9.86. The Labute approximate surface area is 643 Å². The molecule has 1 aliphatic rings. The van der Waals surface area contributed by atoms with Gasteiger partial charge >= 0.3 is 71.6 Å². The molecule has 111 heavy (non-hydrogen) atoms. The SMILES string of the molecule is O=C(CCO)OCCOCCOC(=O)CCCCC(=O)OC(CNc1ccc(NCC(COC(=O)CCCCC(=O)OCCOCCOC(=O)CCCO)OC(=O)CCCCC(=O)OCCOCCOC(=O)CCCO)c2c1C(=O)c1ccccc1C2=O)COC(=O)CCCCC(=O)OCCOCCOC(=O)CCCO. The summed E-state index contributed by atoms with van der Waals surface area (Å²) >= 11 is 0. The summed E-state index contributed by atoms with van der Waals surface area (Å²) in [5.41, 5.74) is 0.0421. The maximum atomic E-state index is 14.7. The molecule has 0 aromatic heterocycles. The van der Waals surface area contributed by atoms with Gasteiger partial charge in [-0.3, -0.25) is 67.1 Å². The lowest BCUT2D eigenvalue weighted by Gasteiger charge is -2.26. The predicted octanol–water partition coefficient (Wildman–Crippen LogP) is 3.55. The Morgan fingerprint density at radius 1 is 0.270 bits per heavy atom. The first kappa shape index (κ1) is 95.9. The summed E-state index contributed by atoms with van der Waals surface area (Å²) in [5, 5.41) is 41.5. The van der Waals surface area contributed by atoms with E-state index in [-0.39, 0.29) is 327 Å². The third-order valence-electron chi connectivity index (χ3n) is 15.5. The van der Waals surface area contributed by atoms with Crippen LogP contribution in [0.4, 0.5) is 11.4 Å². The summed E-state index contributed by atoms with van der Waals surface area (Å²) in [4.78, 5) is 178. The fourth-order valence-electron chi connectivity index (χ4n) is 9.86. The normalized spacial score (nSPS) is 11.9. The molecule has 2 aromatic rings. The van der Waals surface area contributed by atoms with Crippen molar-refractivity contribution in [3.8, 4) is 0 Å². The van der Waals surface area contributed by atoms with Gasteiger partial charge in [0.2, 0.25) is 0 Å². The molecular weight excluding hydrogens is 1470 g/mol. The molecule has 0 radical (unpaired) electrons. The summed E-state index contributed by atoms with van der Waals surface area (Å²) in [5.74, 6) is -8.40. The zero-order valence-electron chi connectivity index (χ0n) is 62.9. The second-order valence-corrected chi connectivity index (χ2v) is 24.5. The van der Waals surface area contributed by atoms with Crippen molar-refractivity contribution < 1.29 is 163 Å². The number of hydrogen-bond donors (Lipinski definition) is 6. The van der Waals surface area contributed by atoms with Crippen LogP contribution in [0.25, 0.3) is 0 Å². The monoisotopic (exact) mass is 1580 g/mol. The Bertz CT molecular complexity index is 3110. The van der Waals surface area contributed by atoms with Crippen molar-refractivity contribution in [2.75, 3.05) is 169 Å². The average molecular weight is 1580 g/mol. The maximum Gasteiger partial charge on any atom is 0.308 e. The number of rotatable bonds is 67. The molecule has 36 nitrogen and oxygen atoms in total. The van der Waals surface area contributed by atoms with Gasteiger partial charge in [0.05, 0.1) is 90.1 Å². The number of aliphatic hydroxyl groups excluding tert-OH is 4. The minimum absolute atomic E-state index is 0.0132. The van der Waals surface area contributed by atoms with Crippen molar-refractivity contribution in [2.24, 2.45) is 0 Å². The molecule has 0 saturated carbocycles. The zero-order valence-corrected chi connectivity index (χ0v) is 62.9. The van der Waals surface area contributed by atoms with Crippen LogP contribution in [0.15, 0.2) is 36.4 Å². The van der Waals surface area contributed by atoms with Gasteiger partial charge in [0, 0.05) is 113 Å². The lowest BCUT2D eigenvalue weighted by Crippen LogP contribution is -2.33. The van der Waals surface area contributed by atoms with Crippen LogP contribution in [0.3, 0.4) is 0 Å². The summed E-state index contributed by atoms with van der Waals surface area (Å²) in [6.45, 7) is -2.50. The van der Waals surface area contributed by atoms with Gasteiger partial charge in [0.25, 0.3) is 0 Å². The Balaban J connectivity index is 1.74. The summed E-state index contributed by atoms with van der Waals surface area (Å²) in [7, 11) is 0. The van der Waals surface area contributed by atoms with E-state index in [1.807, 2.05) is 0 Å². The fraction of sp³-hybridized carbons (Fsp3) is 0.653. The van der Waals surface area contributed by atoms with Crippen LogP contribution in [0, 0.1) is 0 Å². The third kappa shape index (κ3) is 46.2. The molecule has 2 unspecified atom stereocenters. The van der Waals surface area contributed by atoms with Gasteiger partial charge in [-0.15, -0.1) is 0 Å². The molecule has 0 fully saturated rings. The number of nitrogens with one attached hydrogen (secondary N) is 2. The summed E-state index contributed by atoms with van der Waals surface area (Å²) in [6, 6.07) is 9.00. The van der Waals surface area contributed by atoms with Gasteiger partial charge in [-0.25, -0.2) is 0 Å². The molecule has 622 valence electrons. The highest BCUT2D eigenvalue weighted by Crippen LogP contribution is 2.37. The van der Waals surface area contributed by atoms with Crippen LogP contribution >= 0.6 is 0 Å². The van der Waals surface area contributed by atoms with Crippen molar-refractivity contribution in [1.82, 2.24) is 0 Å². The highest BCUT2D eigenvalue weighted by atomic mass is 16.6. The minimum atomic E-state index is -1.23. The Morgan fingerprint density at radius 3 is 0.739 bits per heavy atom. The molecule has 2 atom stereocenters.